The lowest BCUT2D eigenvalue weighted by Crippen LogP contribution is -2.48. The lowest BCUT2D eigenvalue weighted by molar-refractivity contribution is 0.0277. The van der Waals surface area contributed by atoms with E-state index in [9.17, 15) is 4.79 Å². The maximum absolute atomic E-state index is 10.8. The molecule has 5 nitrogen and oxygen atoms in total. The number of hydrogen-bond acceptors (Lipinski definition) is 4. The fourth-order valence-corrected chi connectivity index (χ4v) is 2.18. The third kappa shape index (κ3) is 2.91. The normalized spacial score (nSPS) is 24.1. The molecule has 1 saturated heterocycles. The SMILES string of the molecule is Cc1oc(C(=O)O)cc1CNC1(C)CCCOC1. The van der Waals surface area contributed by atoms with Crippen molar-refractivity contribution in [1.82, 2.24) is 5.32 Å². The van der Waals surface area contributed by atoms with E-state index < -0.39 is 5.97 Å². The van der Waals surface area contributed by atoms with Crippen molar-refractivity contribution >= 4 is 5.97 Å². The number of aryl methyl sites for hydroxylation is 1. The molecule has 0 bridgehead atoms. The zero-order valence-electron chi connectivity index (χ0n) is 10.8. The van der Waals surface area contributed by atoms with Gasteiger partial charge in [-0.25, -0.2) is 4.79 Å². The summed E-state index contributed by atoms with van der Waals surface area (Å²) in [4.78, 5) is 10.8. The second-order valence-electron chi connectivity index (χ2n) is 5.07. The molecule has 1 aliphatic rings. The number of ether oxygens (including phenoxy) is 1. The van der Waals surface area contributed by atoms with E-state index in [-0.39, 0.29) is 11.3 Å². The molecule has 1 unspecified atom stereocenters. The van der Waals surface area contributed by atoms with Gasteiger partial charge in [0, 0.05) is 24.3 Å². The van der Waals surface area contributed by atoms with Gasteiger partial charge < -0.3 is 19.6 Å². The van der Waals surface area contributed by atoms with E-state index in [2.05, 4.69) is 12.2 Å². The highest BCUT2D eigenvalue weighted by molar-refractivity contribution is 5.84. The molecule has 1 aromatic rings. The molecule has 2 heterocycles. The van der Waals surface area contributed by atoms with Crippen LogP contribution in [0.25, 0.3) is 0 Å². The number of aromatic carboxylic acids is 1. The van der Waals surface area contributed by atoms with Crippen LogP contribution in [0.15, 0.2) is 10.5 Å². The van der Waals surface area contributed by atoms with Crippen molar-refractivity contribution in [3.8, 4) is 0 Å². The van der Waals surface area contributed by atoms with Crippen LogP contribution in [0.2, 0.25) is 0 Å². The Morgan fingerprint density at radius 2 is 2.39 bits per heavy atom. The smallest absolute Gasteiger partial charge is 0.371 e. The fourth-order valence-electron chi connectivity index (χ4n) is 2.18. The lowest BCUT2D eigenvalue weighted by atomic mass is 9.94. The molecule has 1 atom stereocenters. The molecule has 2 rings (SSSR count). The molecule has 0 amide bonds. The average Bonchev–Trinajstić information content (AvgIpc) is 2.70. The summed E-state index contributed by atoms with van der Waals surface area (Å²) in [7, 11) is 0. The first-order chi connectivity index (χ1) is 8.50. The van der Waals surface area contributed by atoms with E-state index in [0.29, 0.717) is 18.9 Å². The Morgan fingerprint density at radius 1 is 1.61 bits per heavy atom. The summed E-state index contributed by atoms with van der Waals surface area (Å²) in [6.07, 6.45) is 2.12. The van der Waals surface area contributed by atoms with Gasteiger partial charge in [-0.05, 0) is 32.8 Å². The van der Waals surface area contributed by atoms with E-state index in [0.717, 1.165) is 25.0 Å². The quantitative estimate of drug-likeness (QED) is 0.858. The van der Waals surface area contributed by atoms with Crippen molar-refractivity contribution in [2.24, 2.45) is 0 Å². The molecule has 100 valence electrons. The molecule has 0 spiro atoms. The molecule has 0 aliphatic carbocycles. The van der Waals surface area contributed by atoms with Gasteiger partial charge in [-0.15, -0.1) is 0 Å². The van der Waals surface area contributed by atoms with E-state index in [1.54, 1.807) is 13.0 Å². The topological polar surface area (TPSA) is 71.7 Å². The second kappa shape index (κ2) is 5.12. The molecule has 0 aromatic carbocycles. The van der Waals surface area contributed by atoms with Crippen LogP contribution < -0.4 is 5.32 Å². The molecule has 1 aliphatic heterocycles. The van der Waals surface area contributed by atoms with Crippen LogP contribution in [-0.4, -0.2) is 29.8 Å². The first-order valence-electron chi connectivity index (χ1n) is 6.15. The number of carboxylic acids is 1. The van der Waals surface area contributed by atoms with Crippen LogP contribution in [0.3, 0.4) is 0 Å². The Hall–Kier alpha value is -1.33. The summed E-state index contributed by atoms with van der Waals surface area (Å²) in [5.41, 5.74) is 0.852. The van der Waals surface area contributed by atoms with Crippen LogP contribution in [0.1, 0.15) is 41.6 Å². The molecular formula is C13H19NO4. The second-order valence-corrected chi connectivity index (χ2v) is 5.07. The van der Waals surface area contributed by atoms with E-state index in [1.807, 2.05) is 0 Å². The van der Waals surface area contributed by atoms with Crippen molar-refractivity contribution in [3.05, 3.63) is 23.2 Å². The zero-order valence-corrected chi connectivity index (χ0v) is 10.8. The van der Waals surface area contributed by atoms with E-state index in [4.69, 9.17) is 14.3 Å². The van der Waals surface area contributed by atoms with Crippen molar-refractivity contribution < 1.29 is 19.1 Å². The number of furan rings is 1. The molecule has 0 saturated carbocycles. The Morgan fingerprint density at radius 3 is 2.94 bits per heavy atom. The van der Waals surface area contributed by atoms with Gasteiger partial charge in [0.1, 0.15) is 5.76 Å². The summed E-state index contributed by atoms with van der Waals surface area (Å²) in [5.74, 6) is -0.383. The van der Waals surface area contributed by atoms with E-state index >= 15 is 0 Å². The number of hydrogen-bond donors (Lipinski definition) is 2. The first-order valence-corrected chi connectivity index (χ1v) is 6.15. The Balaban J connectivity index is 1.99. The van der Waals surface area contributed by atoms with Gasteiger partial charge in [0.15, 0.2) is 0 Å². The largest absolute Gasteiger partial charge is 0.475 e. The summed E-state index contributed by atoms with van der Waals surface area (Å²) < 4.78 is 10.6. The highest BCUT2D eigenvalue weighted by Gasteiger charge is 2.27. The van der Waals surface area contributed by atoms with Gasteiger partial charge in [0.05, 0.1) is 6.61 Å². The van der Waals surface area contributed by atoms with Gasteiger partial charge >= 0.3 is 5.97 Å². The molecule has 1 aromatic heterocycles. The molecular weight excluding hydrogens is 234 g/mol. The monoisotopic (exact) mass is 253 g/mol. The first kappa shape index (κ1) is 13.1. The van der Waals surface area contributed by atoms with Crippen molar-refractivity contribution in [1.29, 1.82) is 0 Å². The summed E-state index contributed by atoms with van der Waals surface area (Å²) in [6, 6.07) is 1.58. The number of carboxylic acid groups (broad SMARTS) is 1. The van der Waals surface area contributed by atoms with Crippen molar-refractivity contribution in [2.75, 3.05) is 13.2 Å². The number of rotatable bonds is 4. The Labute approximate surface area is 106 Å². The Kier molecular flexibility index (Phi) is 3.73. The van der Waals surface area contributed by atoms with Gasteiger partial charge in [-0.3, -0.25) is 0 Å². The molecule has 5 heteroatoms. The molecule has 18 heavy (non-hydrogen) atoms. The third-order valence-electron chi connectivity index (χ3n) is 3.37. The van der Waals surface area contributed by atoms with Gasteiger partial charge in [0.25, 0.3) is 0 Å². The average molecular weight is 253 g/mol. The summed E-state index contributed by atoms with van der Waals surface area (Å²) >= 11 is 0. The third-order valence-corrected chi connectivity index (χ3v) is 3.37. The van der Waals surface area contributed by atoms with Crippen molar-refractivity contribution in [2.45, 2.75) is 38.8 Å². The van der Waals surface area contributed by atoms with Gasteiger partial charge in [0.2, 0.25) is 5.76 Å². The fraction of sp³-hybridized carbons (Fsp3) is 0.615. The number of carbonyl (C=O) groups is 1. The van der Waals surface area contributed by atoms with Crippen molar-refractivity contribution in [3.63, 3.8) is 0 Å². The van der Waals surface area contributed by atoms with Crippen LogP contribution >= 0.6 is 0 Å². The van der Waals surface area contributed by atoms with E-state index in [1.165, 1.54) is 0 Å². The predicted molar refractivity (Wildman–Crippen MR) is 65.7 cm³/mol. The minimum atomic E-state index is -1.03. The molecule has 1 fully saturated rings. The standard InChI is InChI=1S/C13H19NO4/c1-9-10(6-11(18-9)12(15)16)7-14-13(2)4-3-5-17-8-13/h6,14H,3-5,7-8H2,1-2H3,(H,15,16). The molecule has 0 radical (unpaired) electrons. The summed E-state index contributed by atoms with van der Waals surface area (Å²) in [5, 5.41) is 12.3. The summed E-state index contributed by atoms with van der Waals surface area (Å²) in [6.45, 7) is 6.02. The Bertz CT molecular complexity index is 432. The lowest BCUT2D eigenvalue weighted by Gasteiger charge is -2.34. The maximum Gasteiger partial charge on any atom is 0.371 e. The highest BCUT2D eigenvalue weighted by atomic mass is 16.5. The number of nitrogens with one attached hydrogen (secondary N) is 1. The van der Waals surface area contributed by atoms with Crippen LogP contribution in [-0.2, 0) is 11.3 Å². The highest BCUT2D eigenvalue weighted by Crippen LogP contribution is 2.20. The predicted octanol–water partition coefficient (Wildman–Crippen LogP) is 1.94. The maximum atomic E-state index is 10.8. The van der Waals surface area contributed by atoms with Gasteiger partial charge in [-0.2, -0.15) is 0 Å². The van der Waals surface area contributed by atoms with Gasteiger partial charge in [-0.1, -0.05) is 0 Å². The van der Waals surface area contributed by atoms with Crippen LogP contribution in [0, 0.1) is 6.92 Å². The zero-order chi connectivity index (χ0) is 13.2. The minimum Gasteiger partial charge on any atom is -0.475 e. The van der Waals surface area contributed by atoms with Crippen LogP contribution in [0.5, 0.6) is 0 Å². The minimum absolute atomic E-state index is 0.00523. The van der Waals surface area contributed by atoms with Crippen LogP contribution in [0.4, 0.5) is 0 Å². The molecule has 2 N–H and O–H groups in total.